The van der Waals surface area contributed by atoms with Gasteiger partial charge in [-0.15, -0.1) is 0 Å². The molecule has 1 aromatic heterocycles. The summed E-state index contributed by atoms with van der Waals surface area (Å²) in [5.74, 6) is 0.0444. The van der Waals surface area contributed by atoms with Crippen LogP contribution >= 0.6 is 0 Å². The molecule has 4 rings (SSSR count). The first-order valence-electron chi connectivity index (χ1n) is 9.95. The molecule has 0 aliphatic carbocycles. The van der Waals surface area contributed by atoms with Gasteiger partial charge in [-0.05, 0) is 43.5 Å². The lowest BCUT2D eigenvalue weighted by Crippen LogP contribution is -2.48. The van der Waals surface area contributed by atoms with Crippen LogP contribution in [-0.2, 0) is 21.4 Å². The third-order valence-corrected chi connectivity index (χ3v) is 7.75. The number of carbonyl (C=O) groups excluding carboxylic acids is 1. The first kappa shape index (κ1) is 19.8. The van der Waals surface area contributed by atoms with Crippen molar-refractivity contribution in [2.24, 2.45) is 0 Å². The number of hydrogen-bond donors (Lipinski definition) is 0. The van der Waals surface area contributed by atoms with Crippen LogP contribution in [0.15, 0.2) is 53.7 Å². The number of sulfonamides is 1. The van der Waals surface area contributed by atoms with Gasteiger partial charge in [-0.1, -0.05) is 18.2 Å². The average Bonchev–Trinajstić information content (AvgIpc) is 3.12. The highest BCUT2D eigenvalue weighted by Gasteiger charge is 2.45. The highest BCUT2D eigenvalue weighted by molar-refractivity contribution is 7.89. The largest absolute Gasteiger partial charge is 0.354 e. The predicted molar refractivity (Wildman–Crippen MR) is 111 cm³/mol. The van der Waals surface area contributed by atoms with Crippen LogP contribution in [0.4, 0.5) is 5.69 Å². The summed E-state index contributed by atoms with van der Waals surface area (Å²) in [5, 5.41) is 0. The molecule has 2 aromatic rings. The molecular weight excluding hydrogens is 388 g/mol. The van der Waals surface area contributed by atoms with Crippen molar-refractivity contribution in [3.05, 3.63) is 54.4 Å². The number of fused-ring (bicyclic) bond motifs is 3. The molecule has 1 aromatic carbocycles. The standard InChI is InChI=1S/C21H26N4O3S/c1-3-23(2)21(26)19-11-10-17-15-24(14-16-7-6-12-22-13-16)29(27,28)20-9-5-4-8-18(20)25(17)19/h4-9,12-13,17,19H,3,10-11,14-15H2,1-2H3/t17-,19+/m1/s1. The number of para-hydroxylation sites is 1. The number of amides is 1. The van der Waals surface area contributed by atoms with Gasteiger partial charge in [-0.3, -0.25) is 9.78 Å². The second-order valence-electron chi connectivity index (χ2n) is 7.63. The van der Waals surface area contributed by atoms with E-state index in [4.69, 9.17) is 0 Å². The molecule has 7 nitrogen and oxygen atoms in total. The molecule has 0 bridgehead atoms. The summed E-state index contributed by atoms with van der Waals surface area (Å²) in [6, 6.07) is 10.4. The molecular formula is C21H26N4O3S. The van der Waals surface area contributed by atoms with Crippen LogP contribution in [0.3, 0.4) is 0 Å². The molecule has 0 N–H and O–H groups in total. The van der Waals surface area contributed by atoms with E-state index in [2.05, 4.69) is 4.98 Å². The van der Waals surface area contributed by atoms with Gasteiger partial charge in [0.1, 0.15) is 10.9 Å². The summed E-state index contributed by atoms with van der Waals surface area (Å²) in [4.78, 5) is 21.1. The van der Waals surface area contributed by atoms with Crippen LogP contribution in [0.2, 0.25) is 0 Å². The Kier molecular flexibility index (Phi) is 5.31. The minimum atomic E-state index is -3.70. The maximum atomic E-state index is 13.5. The highest BCUT2D eigenvalue weighted by Crippen LogP contribution is 2.40. The number of nitrogens with zero attached hydrogens (tertiary/aromatic N) is 4. The Bertz CT molecular complexity index is 996. The van der Waals surface area contributed by atoms with Gasteiger partial charge in [0, 0.05) is 45.1 Å². The molecule has 29 heavy (non-hydrogen) atoms. The monoisotopic (exact) mass is 414 g/mol. The van der Waals surface area contributed by atoms with Gasteiger partial charge >= 0.3 is 0 Å². The zero-order valence-electron chi connectivity index (χ0n) is 16.7. The molecule has 2 atom stereocenters. The fraction of sp³-hybridized carbons (Fsp3) is 0.429. The van der Waals surface area contributed by atoms with Gasteiger partial charge < -0.3 is 9.80 Å². The number of likely N-dealkylation sites (N-methyl/N-ethyl adjacent to an activating group) is 1. The minimum Gasteiger partial charge on any atom is -0.354 e. The SMILES string of the molecule is CCN(C)C(=O)[C@@H]1CC[C@@H]2CN(Cc3cccnc3)S(=O)(=O)c3ccccc3N21. The van der Waals surface area contributed by atoms with E-state index in [0.717, 1.165) is 18.4 Å². The number of pyridine rings is 1. The Labute approximate surface area is 172 Å². The third kappa shape index (κ3) is 3.51. The lowest BCUT2D eigenvalue weighted by molar-refractivity contribution is -0.130. The first-order chi connectivity index (χ1) is 13.9. The second kappa shape index (κ2) is 7.76. The van der Waals surface area contributed by atoms with Crippen LogP contribution in [0.25, 0.3) is 0 Å². The molecule has 0 radical (unpaired) electrons. The molecule has 3 heterocycles. The smallest absolute Gasteiger partial charge is 0.245 e. The number of anilines is 1. The van der Waals surface area contributed by atoms with Gasteiger partial charge in [0.25, 0.3) is 0 Å². The van der Waals surface area contributed by atoms with E-state index in [1.165, 1.54) is 4.31 Å². The second-order valence-corrected chi connectivity index (χ2v) is 9.54. The quantitative estimate of drug-likeness (QED) is 0.766. The van der Waals surface area contributed by atoms with E-state index in [-0.39, 0.29) is 29.4 Å². The predicted octanol–water partition coefficient (Wildman–Crippen LogP) is 2.10. The van der Waals surface area contributed by atoms with Crippen molar-refractivity contribution < 1.29 is 13.2 Å². The van der Waals surface area contributed by atoms with E-state index in [1.54, 1.807) is 36.5 Å². The van der Waals surface area contributed by atoms with Crippen molar-refractivity contribution >= 4 is 21.6 Å². The number of hydrogen-bond acceptors (Lipinski definition) is 5. The Hall–Kier alpha value is -2.45. The van der Waals surface area contributed by atoms with Crippen molar-refractivity contribution in [1.82, 2.24) is 14.2 Å². The van der Waals surface area contributed by atoms with Gasteiger partial charge in [-0.2, -0.15) is 4.31 Å². The fourth-order valence-corrected chi connectivity index (χ4v) is 5.94. The first-order valence-corrected chi connectivity index (χ1v) is 11.4. The number of carbonyl (C=O) groups is 1. The zero-order valence-corrected chi connectivity index (χ0v) is 17.5. The molecule has 2 aliphatic heterocycles. The summed E-state index contributed by atoms with van der Waals surface area (Å²) < 4.78 is 28.6. The Balaban J connectivity index is 1.77. The molecule has 0 spiro atoms. The molecule has 154 valence electrons. The van der Waals surface area contributed by atoms with E-state index in [0.29, 0.717) is 18.8 Å². The molecule has 8 heteroatoms. The zero-order chi connectivity index (χ0) is 20.6. The molecule has 2 aliphatic rings. The van der Waals surface area contributed by atoms with Crippen LogP contribution < -0.4 is 4.90 Å². The van der Waals surface area contributed by atoms with Crippen molar-refractivity contribution in [3.63, 3.8) is 0 Å². The van der Waals surface area contributed by atoms with Crippen molar-refractivity contribution in [2.75, 3.05) is 25.0 Å². The lowest BCUT2D eigenvalue weighted by atomic mass is 10.1. The van der Waals surface area contributed by atoms with Crippen LogP contribution in [0.5, 0.6) is 0 Å². The van der Waals surface area contributed by atoms with Crippen molar-refractivity contribution in [2.45, 2.75) is 43.3 Å². The normalized spacial score (nSPS) is 23.2. The van der Waals surface area contributed by atoms with Crippen molar-refractivity contribution in [3.8, 4) is 0 Å². The Morgan fingerprint density at radius 1 is 1.21 bits per heavy atom. The van der Waals surface area contributed by atoms with E-state index >= 15 is 0 Å². The third-order valence-electron chi connectivity index (χ3n) is 5.90. The van der Waals surface area contributed by atoms with Gasteiger partial charge in [-0.25, -0.2) is 8.42 Å². The van der Waals surface area contributed by atoms with Crippen molar-refractivity contribution in [1.29, 1.82) is 0 Å². The molecule has 0 unspecified atom stereocenters. The van der Waals surface area contributed by atoms with E-state index in [9.17, 15) is 13.2 Å². The average molecular weight is 415 g/mol. The molecule has 1 saturated heterocycles. The number of aromatic nitrogens is 1. The van der Waals surface area contributed by atoms with Crippen LogP contribution in [0.1, 0.15) is 25.3 Å². The maximum absolute atomic E-state index is 13.5. The highest BCUT2D eigenvalue weighted by atomic mass is 32.2. The van der Waals surface area contributed by atoms with E-state index < -0.39 is 10.0 Å². The summed E-state index contributed by atoms with van der Waals surface area (Å²) in [6.45, 7) is 3.19. The van der Waals surface area contributed by atoms with Gasteiger partial charge in [0.2, 0.25) is 15.9 Å². The molecule has 1 fully saturated rings. The lowest BCUT2D eigenvalue weighted by Gasteiger charge is -2.33. The molecule has 0 saturated carbocycles. The number of rotatable bonds is 4. The van der Waals surface area contributed by atoms with Gasteiger partial charge in [0.05, 0.1) is 5.69 Å². The fourth-order valence-electron chi connectivity index (χ4n) is 4.29. The van der Waals surface area contributed by atoms with Crippen LogP contribution in [-0.4, -0.2) is 60.7 Å². The van der Waals surface area contributed by atoms with Gasteiger partial charge in [0.15, 0.2) is 0 Å². The summed E-state index contributed by atoms with van der Waals surface area (Å²) in [6.07, 6.45) is 4.88. The molecule has 1 amide bonds. The topological polar surface area (TPSA) is 73.8 Å². The summed E-state index contributed by atoms with van der Waals surface area (Å²) >= 11 is 0. The Morgan fingerprint density at radius 2 is 2.00 bits per heavy atom. The summed E-state index contributed by atoms with van der Waals surface area (Å²) in [5.41, 5.74) is 1.48. The summed E-state index contributed by atoms with van der Waals surface area (Å²) in [7, 11) is -1.90. The minimum absolute atomic E-state index is 0.0377. The van der Waals surface area contributed by atoms with Crippen LogP contribution in [0, 0.1) is 0 Å². The number of benzene rings is 1. The van der Waals surface area contributed by atoms with E-state index in [1.807, 2.05) is 36.1 Å². The Morgan fingerprint density at radius 3 is 2.72 bits per heavy atom. The maximum Gasteiger partial charge on any atom is 0.245 e.